The number of carbonyl (C=O) groups excluding carboxylic acids is 1. The number of unbranched alkanes of at least 4 members (excludes halogenated alkanes) is 6. The van der Waals surface area contributed by atoms with Crippen LogP contribution in [0.25, 0.3) is 0 Å². The maximum absolute atomic E-state index is 11.0. The van der Waals surface area contributed by atoms with Gasteiger partial charge in [-0.25, -0.2) is 0 Å². The van der Waals surface area contributed by atoms with Crippen LogP contribution >= 0.6 is 0 Å². The highest BCUT2D eigenvalue weighted by Crippen LogP contribution is 2.07. The molecule has 83 valence electrons. The first-order chi connectivity index (χ1) is 6.81. The topological polar surface area (TPSA) is 29.1 Å². The van der Waals surface area contributed by atoms with E-state index in [1.807, 2.05) is 0 Å². The van der Waals surface area contributed by atoms with Gasteiger partial charge < -0.3 is 5.32 Å². The molecule has 2 nitrogen and oxygen atoms in total. The summed E-state index contributed by atoms with van der Waals surface area (Å²) in [5.74, 6) is 0.147. The van der Waals surface area contributed by atoms with Crippen LogP contribution in [-0.4, -0.2) is 12.5 Å². The highest BCUT2D eigenvalue weighted by atomic mass is 16.1. The molecule has 0 saturated carbocycles. The van der Waals surface area contributed by atoms with Gasteiger partial charge >= 0.3 is 0 Å². The number of hydrogen-bond donors (Lipinski definition) is 1. The summed E-state index contributed by atoms with van der Waals surface area (Å²) in [6, 6.07) is 0. The van der Waals surface area contributed by atoms with Crippen LogP contribution < -0.4 is 5.32 Å². The second-order valence-corrected chi connectivity index (χ2v) is 3.72. The summed E-state index contributed by atoms with van der Waals surface area (Å²) in [6.45, 7) is 6.31. The second kappa shape index (κ2) is 10.6. The van der Waals surface area contributed by atoms with E-state index in [0.29, 0.717) is 13.0 Å². The smallest absolute Gasteiger partial charge is 0.219 e. The molecule has 0 fully saturated rings. The normalized spacial score (nSPS) is 10.1. The summed E-state index contributed by atoms with van der Waals surface area (Å²) < 4.78 is 0. The second-order valence-electron chi connectivity index (χ2n) is 3.72. The molecule has 0 aromatic heterocycles. The summed E-state index contributed by atoms with van der Waals surface area (Å²) >= 11 is 0. The van der Waals surface area contributed by atoms with Crippen LogP contribution in [0, 0.1) is 6.92 Å². The molecule has 0 heterocycles. The molecular weight excluding hydrogens is 174 g/mol. The van der Waals surface area contributed by atoms with Crippen molar-refractivity contribution in [3.8, 4) is 0 Å². The minimum absolute atomic E-state index is 0.147. The Labute approximate surface area is 88.5 Å². The van der Waals surface area contributed by atoms with Crippen molar-refractivity contribution in [3.63, 3.8) is 0 Å². The van der Waals surface area contributed by atoms with Gasteiger partial charge in [-0.3, -0.25) is 4.79 Å². The van der Waals surface area contributed by atoms with Crippen LogP contribution in [0.15, 0.2) is 0 Å². The van der Waals surface area contributed by atoms with Crippen LogP contribution in [0.1, 0.15) is 58.3 Å². The van der Waals surface area contributed by atoms with E-state index in [0.717, 1.165) is 6.42 Å². The third-order valence-electron chi connectivity index (χ3n) is 2.33. The van der Waals surface area contributed by atoms with E-state index in [2.05, 4.69) is 19.2 Å². The number of hydrogen-bond acceptors (Lipinski definition) is 1. The fourth-order valence-electron chi connectivity index (χ4n) is 1.47. The van der Waals surface area contributed by atoms with Crippen LogP contribution in [0.5, 0.6) is 0 Å². The van der Waals surface area contributed by atoms with Crippen LogP contribution in [0.3, 0.4) is 0 Å². The zero-order chi connectivity index (χ0) is 10.6. The average Bonchev–Trinajstić information content (AvgIpc) is 2.17. The quantitative estimate of drug-likeness (QED) is 0.567. The Hall–Kier alpha value is -0.530. The molecular formula is C12H24NO. The molecule has 0 unspecified atom stereocenters. The maximum Gasteiger partial charge on any atom is 0.219 e. The fourth-order valence-corrected chi connectivity index (χ4v) is 1.47. The van der Waals surface area contributed by atoms with E-state index in [1.165, 1.54) is 38.5 Å². The first-order valence-corrected chi connectivity index (χ1v) is 5.87. The van der Waals surface area contributed by atoms with Crippen molar-refractivity contribution < 1.29 is 4.79 Å². The largest absolute Gasteiger partial charge is 0.356 e. The summed E-state index contributed by atoms with van der Waals surface area (Å²) in [5, 5.41) is 2.71. The van der Waals surface area contributed by atoms with Gasteiger partial charge in [-0.05, 0) is 13.3 Å². The highest BCUT2D eigenvalue weighted by molar-refractivity contribution is 5.75. The number of carbonyl (C=O) groups is 1. The zero-order valence-corrected chi connectivity index (χ0v) is 9.48. The number of amides is 1. The van der Waals surface area contributed by atoms with Gasteiger partial charge in [0.2, 0.25) is 5.91 Å². The minimum atomic E-state index is 0.147. The Kier molecular flexibility index (Phi) is 10.2. The molecule has 0 aliphatic carbocycles. The highest BCUT2D eigenvalue weighted by Gasteiger charge is 1.98. The Morgan fingerprint density at radius 1 is 1.07 bits per heavy atom. The van der Waals surface area contributed by atoms with Crippen molar-refractivity contribution in [3.05, 3.63) is 6.92 Å². The Balaban J connectivity index is 3.01. The van der Waals surface area contributed by atoms with Gasteiger partial charge in [-0.15, -0.1) is 0 Å². The van der Waals surface area contributed by atoms with Crippen molar-refractivity contribution >= 4 is 5.91 Å². The molecule has 0 aliphatic heterocycles. The van der Waals surface area contributed by atoms with Crippen LogP contribution in [0.4, 0.5) is 0 Å². The fraction of sp³-hybridized carbons (Fsp3) is 0.833. The van der Waals surface area contributed by atoms with Gasteiger partial charge in [-0.2, -0.15) is 0 Å². The molecule has 0 aromatic rings. The minimum Gasteiger partial charge on any atom is -0.356 e. The Morgan fingerprint density at radius 3 is 2.21 bits per heavy atom. The van der Waals surface area contributed by atoms with E-state index >= 15 is 0 Å². The standard InChI is InChI=1S/C12H24NO/c1-3-5-6-7-8-9-10-11-12(14)13-4-2/h2-11H2,1H3,(H,13,14). The van der Waals surface area contributed by atoms with E-state index in [1.54, 1.807) is 0 Å². The van der Waals surface area contributed by atoms with E-state index in [4.69, 9.17) is 0 Å². The molecule has 0 spiro atoms. The molecule has 0 saturated heterocycles. The van der Waals surface area contributed by atoms with Crippen molar-refractivity contribution in [2.45, 2.75) is 58.3 Å². The molecule has 0 rings (SSSR count). The molecule has 14 heavy (non-hydrogen) atoms. The molecule has 2 heteroatoms. The van der Waals surface area contributed by atoms with Crippen LogP contribution in [-0.2, 0) is 4.79 Å². The van der Waals surface area contributed by atoms with Gasteiger partial charge in [0, 0.05) is 13.0 Å². The zero-order valence-electron chi connectivity index (χ0n) is 9.48. The lowest BCUT2D eigenvalue weighted by Crippen LogP contribution is -2.22. The maximum atomic E-state index is 11.0. The van der Waals surface area contributed by atoms with E-state index in [9.17, 15) is 4.79 Å². The van der Waals surface area contributed by atoms with Gasteiger partial charge in [0.25, 0.3) is 0 Å². The average molecular weight is 198 g/mol. The molecule has 0 atom stereocenters. The van der Waals surface area contributed by atoms with Crippen molar-refractivity contribution in [2.75, 3.05) is 6.54 Å². The van der Waals surface area contributed by atoms with Gasteiger partial charge in [-0.1, -0.05) is 45.4 Å². The number of rotatable bonds is 9. The first kappa shape index (κ1) is 13.5. The van der Waals surface area contributed by atoms with Gasteiger partial charge in [0.05, 0.1) is 0 Å². The van der Waals surface area contributed by atoms with Crippen molar-refractivity contribution in [2.24, 2.45) is 0 Å². The molecule has 0 aliphatic rings. The SMILES string of the molecule is [CH2]CNC(=O)CCCCCCCCC. The monoisotopic (exact) mass is 198 g/mol. The molecule has 1 amide bonds. The van der Waals surface area contributed by atoms with Crippen molar-refractivity contribution in [1.82, 2.24) is 5.32 Å². The lowest BCUT2D eigenvalue weighted by Gasteiger charge is -2.02. The lowest BCUT2D eigenvalue weighted by atomic mass is 10.1. The van der Waals surface area contributed by atoms with Gasteiger partial charge in [0.15, 0.2) is 0 Å². The molecule has 1 radical (unpaired) electrons. The molecule has 0 aromatic carbocycles. The Bertz CT molecular complexity index is 134. The van der Waals surface area contributed by atoms with Gasteiger partial charge in [0.1, 0.15) is 0 Å². The summed E-state index contributed by atoms with van der Waals surface area (Å²) in [6.07, 6.45) is 9.48. The molecule has 0 bridgehead atoms. The van der Waals surface area contributed by atoms with E-state index < -0.39 is 0 Å². The predicted octanol–water partition coefficient (Wildman–Crippen LogP) is 3.08. The van der Waals surface area contributed by atoms with Crippen LogP contribution in [0.2, 0.25) is 0 Å². The van der Waals surface area contributed by atoms with Crippen molar-refractivity contribution in [1.29, 1.82) is 0 Å². The third kappa shape index (κ3) is 9.56. The predicted molar refractivity (Wildman–Crippen MR) is 61.0 cm³/mol. The summed E-state index contributed by atoms with van der Waals surface area (Å²) in [7, 11) is 0. The number of nitrogens with one attached hydrogen (secondary N) is 1. The lowest BCUT2D eigenvalue weighted by molar-refractivity contribution is -0.121. The summed E-state index contributed by atoms with van der Waals surface area (Å²) in [4.78, 5) is 11.0. The Morgan fingerprint density at radius 2 is 1.64 bits per heavy atom. The van der Waals surface area contributed by atoms with E-state index in [-0.39, 0.29) is 5.91 Å². The summed E-state index contributed by atoms with van der Waals surface area (Å²) in [5.41, 5.74) is 0. The first-order valence-electron chi connectivity index (χ1n) is 5.87. The molecule has 1 N–H and O–H groups in total. The third-order valence-corrected chi connectivity index (χ3v) is 2.33.